The zero-order valence-corrected chi connectivity index (χ0v) is 18.5. The Labute approximate surface area is 165 Å². The highest BCUT2D eigenvalue weighted by Crippen LogP contribution is 2.19. The van der Waals surface area contributed by atoms with Gasteiger partial charge in [0.2, 0.25) is 0 Å². The van der Waals surface area contributed by atoms with Gasteiger partial charge in [-0.1, -0.05) is 36.7 Å². The van der Waals surface area contributed by atoms with E-state index in [0.717, 1.165) is 34.2 Å². The highest BCUT2D eigenvalue weighted by molar-refractivity contribution is 9.10. The van der Waals surface area contributed by atoms with E-state index in [4.69, 9.17) is 4.74 Å². The molecule has 2 rings (SSSR count). The summed E-state index contributed by atoms with van der Waals surface area (Å²) in [5.74, 6) is 1.29. The van der Waals surface area contributed by atoms with Crippen molar-refractivity contribution in [2.45, 2.75) is 73.0 Å². The lowest BCUT2D eigenvalue weighted by Crippen LogP contribution is -2.40. The Balaban J connectivity index is 0.00000163. The van der Waals surface area contributed by atoms with Crippen molar-refractivity contribution < 1.29 is 9.53 Å². The van der Waals surface area contributed by atoms with E-state index in [-0.39, 0.29) is 12.1 Å². The molecule has 1 aromatic heterocycles. The van der Waals surface area contributed by atoms with E-state index >= 15 is 0 Å². The number of fused-ring (bicyclic) bond motifs is 1. The number of hydrogen-bond acceptors (Lipinski definition) is 3. The van der Waals surface area contributed by atoms with E-state index in [1.165, 1.54) is 0 Å². The minimum absolute atomic E-state index is 0.0402. The molecule has 1 heterocycles. The molecular formula is C20H32BrN3O2. The number of carbonyl (C=O) groups is 1. The van der Waals surface area contributed by atoms with Crippen LogP contribution in [-0.2, 0) is 11.2 Å². The van der Waals surface area contributed by atoms with Gasteiger partial charge >= 0.3 is 6.09 Å². The first kappa shape index (κ1) is 22.5. The molecular weight excluding hydrogens is 394 g/mol. The first-order valence-corrected chi connectivity index (χ1v) is 10.1. The molecule has 146 valence electrons. The Morgan fingerprint density at radius 1 is 1.31 bits per heavy atom. The van der Waals surface area contributed by atoms with Crippen LogP contribution in [0.1, 0.15) is 60.7 Å². The van der Waals surface area contributed by atoms with Gasteiger partial charge in [-0.05, 0) is 58.2 Å². The first-order valence-electron chi connectivity index (χ1n) is 9.28. The maximum absolute atomic E-state index is 11.8. The number of imidazole rings is 1. The number of carbonyl (C=O) groups excluding carboxylic acids is 1. The molecule has 0 spiro atoms. The summed E-state index contributed by atoms with van der Waals surface area (Å²) in [6.45, 7) is 13.7. The Bertz CT molecular complexity index is 707. The van der Waals surface area contributed by atoms with Crippen LogP contribution >= 0.6 is 15.9 Å². The average molecular weight is 426 g/mol. The number of aromatic amines is 1. The van der Waals surface area contributed by atoms with E-state index in [0.29, 0.717) is 5.92 Å². The van der Waals surface area contributed by atoms with Gasteiger partial charge in [0, 0.05) is 16.9 Å². The number of aryl methyl sites for hydroxylation is 1. The number of alkyl carbamates (subject to hydrolysis) is 1. The molecule has 5 nitrogen and oxygen atoms in total. The lowest BCUT2D eigenvalue weighted by molar-refractivity contribution is 0.0493. The van der Waals surface area contributed by atoms with Gasteiger partial charge in [-0.25, -0.2) is 9.78 Å². The fourth-order valence-electron chi connectivity index (χ4n) is 2.40. The number of H-pyrrole nitrogens is 1. The third-order valence-electron chi connectivity index (χ3n) is 3.93. The Hall–Kier alpha value is -1.56. The molecule has 0 radical (unpaired) electrons. The molecule has 1 unspecified atom stereocenters. The van der Waals surface area contributed by atoms with Crippen molar-refractivity contribution in [1.82, 2.24) is 15.3 Å². The molecule has 2 atom stereocenters. The van der Waals surface area contributed by atoms with Crippen LogP contribution in [0.5, 0.6) is 0 Å². The van der Waals surface area contributed by atoms with Gasteiger partial charge < -0.3 is 15.0 Å². The summed E-state index contributed by atoms with van der Waals surface area (Å²) in [5.41, 5.74) is 1.53. The van der Waals surface area contributed by atoms with Crippen LogP contribution in [0, 0.1) is 5.92 Å². The number of ether oxygens (including phenoxy) is 1. The maximum Gasteiger partial charge on any atom is 0.407 e. The Morgan fingerprint density at radius 3 is 2.58 bits per heavy atom. The number of rotatable bonds is 5. The van der Waals surface area contributed by atoms with E-state index in [1.54, 1.807) is 0 Å². The normalized spacial score (nSPS) is 13.5. The van der Waals surface area contributed by atoms with Crippen molar-refractivity contribution in [2.24, 2.45) is 5.92 Å². The molecule has 1 amide bonds. The van der Waals surface area contributed by atoms with E-state index < -0.39 is 5.60 Å². The van der Waals surface area contributed by atoms with Crippen molar-refractivity contribution in [1.29, 1.82) is 0 Å². The van der Waals surface area contributed by atoms with Crippen LogP contribution in [0.2, 0.25) is 0 Å². The standard InChI is InChI=1S/C18H26BrN3O2.C2H6/c1-11(12(2)20-17(23)24-18(3,4)5)6-9-16-21-14-8-7-13(19)10-15(14)22-16;1-2/h7-8,10-12H,6,9H2,1-5H3,(H,20,23)(H,21,22);1-2H3/t11?,12-;/m1./s1. The Kier molecular flexibility index (Phi) is 8.60. The molecule has 0 aliphatic carbocycles. The van der Waals surface area contributed by atoms with Crippen LogP contribution in [0.25, 0.3) is 11.0 Å². The third kappa shape index (κ3) is 7.36. The van der Waals surface area contributed by atoms with Crippen molar-refractivity contribution >= 4 is 33.1 Å². The fraction of sp³-hybridized carbons (Fsp3) is 0.600. The third-order valence-corrected chi connectivity index (χ3v) is 4.42. The molecule has 1 aromatic carbocycles. The maximum atomic E-state index is 11.8. The van der Waals surface area contributed by atoms with Gasteiger partial charge in [0.15, 0.2) is 0 Å². The SMILES string of the molecule is CC.CC(CCc1nc2ccc(Br)cc2[nH]1)[C@@H](C)NC(=O)OC(C)(C)C. The van der Waals surface area contributed by atoms with Crippen molar-refractivity contribution in [3.63, 3.8) is 0 Å². The van der Waals surface area contributed by atoms with Crippen LogP contribution in [0.3, 0.4) is 0 Å². The quantitative estimate of drug-likeness (QED) is 0.632. The second-order valence-electron chi connectivity index (χ2n) is 7.30. The van der Waals surface area contributed by atoms with E-state index in [1.807, 2.05) is 59.7 Å². The lowest BCUT2D eigenvalue weighted by atomic mass is 9.98. The minimum atomic E-state index is -0.477. The molecule has 0 saturated carbocycles. The molecule has 2 aromatic rings. The predicted molar refractivity (Wildman–Crippen MR) is 111 cm³/mol. The number of hydrogen-bond donors (Lipinski definition) is 2. The zero-order valence-electron chi connectivity index (χ0n) is 16.9. The van der Waals surface area contributed by atoms with Crippen molar-refractivity contribution in [2.75, 3.05) is 0 Å². The van der Waals surface area contributed by atoms with Crippen molar-refractivity contribution in [3.8, 4) is 0 Å². The van der Waals surface area contributed by atoms with Crippen LogP contribution < -0.4 is 5.32 Å². The van der Waals surface area contributed by atoms with Gasteiger partial charge in [0.25, 0.3) is 0 Å². The fourth-order valence-corrected chi connectivity index (χ4v) is 2.76. The first-order chi connectivity index (χ1) is 12.1. The number of amides is 1. The zero-order chi connectivity index (χ0) is 19.9. The smallest absolute Gasteiger partial charge is 0.407 e. The highest BCUT2D eigenvalue weighted by Gasteiger charge is 2.20. The topological polar surface area (TPSA) is 67.0 Å². The van der Waals surface area contributed by atoms with Crippen LogP contribution in [0.15, 0.2) is 22.7 Å². The number of nitrogens with one attached hydrogen (secondary N) is 2. The number of aromatic nitrogens is 2. The van der Waals surface area contributed by atoms with E-state index in [9.17, 15) is 4.79 Å². The molecule has 2 N–H and O–H groups in total. The highest BCUT2D eigenvalue weighted by atomic mass is 79.9. The van der Waals surface area contributed by atoms with Gasteiger partial charge in [0.05, 0.1) is 11.0 Å². The molecule has 0 bridgehead atoms. The summed E-state index contributed by atoms with van der Waals surface area (Å²) < 4.78 is 6.34. The van der Waals surface area contributed by atoms with Gasteiger partial charge in [-0.2, -0.15) is 0 Å². The summed E-state index contributed by atoms with van der Waals surface area (Å²) in [6.07, 6.45) is 1.40. The second kappa shape index (κ2) is 9.95. The summed E-state index contributed by atoms with van der Waals surface area (Å²) >= 11 is 3.47. The number of benzene rings is 1. The Morgan fingerprint density at radius 2 is 1.96 bits per heavy atom. The number of nitrogens with zero attached hydrogens (tertiary/aromatic N) is 1. The number of halogens is 1. The monoisotopic (exact) mass is 425 g/mol. The molecule has 0 aliphatic heterocycles. The summed E-state index contributed by atoms with van der Waals surface area (Å²) in [7, 11) is 0. The van der Waals surface area contributed by atoms with Gasteiger partial charge in [0.1, 0.15) is 11.4 Å². The summed E-state index contributed by atoms with van der Waals surface area (Å²) in [5, 5.41) is 2.91. The molecule has 26 heavy (non-hydrogen) atoms. The average Bonchev–Trinajstić information content (AvgIpc) is 2.94. The minimum Gasteiger partial charge on any atom is -0.444 e. The van der Waals surface area contributed by atoms with Crippen LogP contribution in [0.4, 0.5) is 4.79 Å². The van der Waals surface area contributed by atoms with Gasteiger partial charge in [-0.15, -0.1) is 0 Å². The summed E-state index contributed by atoms with van der Waals surface area (Å²) in [4.78, 5) is 19.8. The molecule has 0 saturated heterocycles. The van der Waals surface area contributed by atoms with Crippen LogP contribution in [-0.4, -0.2) is 27.7 Å². The molecule has 0 aliphatic rings. The molecule has 6 heteroatoms. The largest absolute Gasteiger partial charge is 0.444 e. The predicted octanol–water partition coefficient (Wildman–Crippen LogP) is 5.83. The summed E-state index contributed by atoms with van der Waals surface area (Å²) in [6, 6.07) is 6.05. The second-order valence-corrected chi connectivity index (χ2v) is 8.21. The van der Waals surface area contributed by atoms with Crippen molar-refractivity contribution in [3.05, 3.63) is 28.5 Å². The van der Waals surface area contributed by atoms with E-state index in [2.05, 4.69) is 38.1 Å². The lowest BCUT2D eigenvalue weighted by Gasteiger charge is -2.24. The van der Waals surface area contributed by atoms with Gasteiger partial charge in [-0.3, -0.25) is 0 Å². The molecule has 0 fully saturated rings.